The average molecular weight is 241 g/mol. The number of hydrogen-bond acceptors (Lipinski definition) is 3. The SMILES string of the molecule is CNC(=O)CNC(=O)NC1C=CC(C(=O)O)C1. The molecule has 4 N–H and O–H groups in total. The van der Waals surface area contributed by atoms with Gasteiger partial charge in [-0.05, 0) is 6.42 Å². The summed E-state index contributed by atoms with van der Waals surface area (Å²) in [4.78, 5) is 32.8. The van der Waals surface area contributed by atoms with Crippen molar-refractivity contribution in [2.45, 2.75) is 12.5 Å². The third-order valence-electron chi connectivity index (χ3n) is 2.41. The molecule has 1 aliphatic rings. The molecule has 17 heavy (non-hydrogen) atoms. The van der Waals surface area contributed by atoms with Crippen molar-refractivity contribution in [1.29, 1.82) is 0 Å². The van der Waals surface area contributed by atoms with Gasteiger partial charge in [-0.2, -0.15) is 0 Å². The molecule has 0 heterocycles. The van der Waals surface area contributed by atoms with E-state index in [1.54, 1.807) is 12.2 Å². The van der Waals surface area contributed by atoms with Gasteiger partial charge < -0.3 is 21.1 Å². The van der Waals surface area contributed by atoms with E-state index in [1.807, 2.05) is 0 Å². The minimum Gasteiger partial charge on any atom is -0.481 e. The summed E-state index contributed by atoms with van der Waals surface area (Å²) in [5, 5.41) is 16.0. The smallest absolute Gasteiger partial charge is 0.315 e. The van der Waals surface area contributed by atoms with Gasteiger partial charge in [0.2, 0.25) is 5.91 Å². The minimum atomic E-state index is -0.906. The number of aliphatic carboxylic acids is 1. The van der Waals surface area contributed by atoms with E-state index in [0.717, 1.165) is 0 Å². The maximum atomic E-state index is 11.3. The van der Waals surface area contributed by atoms with Gasteiger partial charge in [-0.3, -0.25) is 9.59 Å². The first-order valence-electron chi connectivity index (χ1n) is 5.19. The second kappa shape index (κ2) is 5.88. The van der Waals surface area contributed by atoms with Crippen LogP contribution in [0.3, 0.4) is 0 Å². The minimum absolute atomic E-state index is 0.110. The Morgan fingerprint density at radius 1 is 1.35 bits per heavy atom. The van der Waals surface area contributed by atoms with Crippen LogP contribution >= 0.6 is 0 Å². The van der Waals surface area contributed by atoms with Gasteiger partial charge in [-0.25, -0.2) is 4.79 Å². The van der Waals surface area contributed by atoms with E-state index in [0.29, 0.717) is 6.42 Å². The molecule has 0 bridgehead atoms. The molecule has 94 valence electrons. The lowest BCUT2D eigenvalue weighted by atomic mass is 10.1. The third-order valence-corrected chi connectivity index (χ3v) is 2.41. The second-order valence-electron chi connectivity index (χ2n) is 3.67. The highest BCUT2D eigenvalue weighted by Gasteiger charge is 2.25. The van der Waals surface area contributed by atoms with Gasteiger partial charge in [0.05, 0.1) is 18.5 Å². The predicted octanol–water partition coefficient (Wildman–Crippen LogP) is -0.939. The number of carboxylic acid groups (broad SMARTS) is 1. The summed E-state index contributed by atoms with van der Waals surface area (Å²) < 4.78 is 0. The number of carbonyl (C=O) groups excluding carboxylic acids is 2. The Morgan fingerprint density at radius 3 is 2.59 bits per heavy atom. The molecule has 2 atom stereocenters. The maximum absolute atomic E-state index is 11.3. The van der Waals surface area contributed by atoms with Crippen molar-refractivity contribution in [3.8, 4) is 0 Å². The fourth-order valence-corrected chi connectivity index (χ4v) is 1.46. The standard InChI is InChI=1S/C10H15N3O4/c1-11-8(14)5-12-10(17)13-7-3-2-6(4-7)9(15)16/h2-3,6-7H,4-5H2,1H3,(H,11,14)(H,15,16)(H2,12,13,17). The first-order valence-corrected chi connectivity index (χ1v) is 5.19. The van der Waals surface area contributed by atoms with Crippen LogP contribution < -0.4 is 16.0 Å². The predicted molar refractivity (Wildman–Crippen MR) is 59.3 cm³/mol. The number of rotatable bonds is 4. The lowest BCUT2D eigenvalue weighted by molar-refractivity contribution is -0.140. The molecule has 2 unspecified atom stereocenters. The summed E-state index contributed by atoms with van der Waals surface area (Å²) in [5.41, 5.74) is 0. The molecule has 1 aliphatic carbocycles. The fourth-order valence-electron chi connectivity index (χ4n) is 1.46. The molecule has 0 aromatic rings. The topological polar surface area (TPSA) is 108 Å². The van der Waals surface area contributed by atoms with Crippen molar-refractivity contribution >= 4 is 17.9 Å². The molecule has 0 saturated carbocycles. The normalized spacial score (nSPS) is 21.9. The van der Waals surface area contributed by atoms with E-state index in [1.165, 1.54) is 7.05 Å². The van der Waals surface area contributed by atoms with Gasteiger partial charge in [0.25, 0.3) is 0 Å². The summed E-state index contributed by atoms with van der Waals surface area (Å²) in [5.74, 6) is -1.76. The quantitative estimate of drug-likeness (QED) is 0.476. The molecule has 0 spiro atoms. The van der Waals surface area contributed by atoms with Crippen LogP contribution in [-0.2, 0) is 9.59 Å². The molecule has 1 rings (SSSR count). The van der Waals surface area contributed by atoms with Crippen molar-refractivity contribution < 1.29 is 19.5 Å². The van der Waals surface area contributed by atoms with Crippen molar-refractivity contribution in [3.63, 3.8) is 0 Å². The second-order valence-corrected chi connectivity index (χ2v) is 3.67. The molecule has 3 amide bonds. The van der Waals surface area contributed by atoms with E-state index in [9.17, 15) is 14.4 Å². The Morgan fingerprint density at radius 2 is 2.06 bits per heavy atom. The number of hydrogen-bond donors (Lipinski definition) is 4. The summed E-state index contributed by atoms with van der Waals surface area (Å²) in [6.45, 7) is -0.110. The highest BCUT2D eigenvalue weighted by Crippen LogP contribution is 2.17. The molecule has 7 nitrogen and oxygen atoms in total. The van der Waals surface area contributed by atoms with Gasteiger partial charge in [-0.15, -0.1) is 0 Å². The van der Waals surface area contributed by atoms with Crippen LogP contribution in [0.4, 0.5) is 4.79 Å². The molecule has 0 aliphatic heterocycles. The number of likely N-dealkylation sites (N-methyl/N-ethyl adjacent to an activating group) is 1. The van der Waals surface area contributed by atoms with Crippen LogP contribution in [0, 0.1) is 5.92 Å². The molecular weight excluding hydrogens is 226 g/mol. The van der Waals surface area contributed by atoms with Gasteiger partial charge in [0, 0.05) is 7.05 Å². The lowest BCUT2D eigenvalue weighted by Crippen LogP contribution is -2.44. The first-order chi connectivity index (χ1) is 8.02. The van der Waals surface area contributed by atoms with E-state index in [-0.39, 0.29) is 18.5 Å². The molecule has 0 saturated heterocycles. The van der Waals surface area contributed by atoms with Crippen LogP contribution in [0.1, 0.15) is 6.42 Å². The number of carbonyl (C=O) groups is 3. The highest BCUT2D eigenvalue weighted by atomic mass is 16.4. The lowest BCUT2D eigenvalue weighted by Gasteiger charge is -2.12. The first kappa shape index (κ1) is 13.0. The van der Waals surface area contributed by atoms with Gasteiger partial charge in [-0.1, -0.05) is 12.2 Å². The van der Waals surface area contributed by atoms with Crippen molar-refractivity contribution in [2.24, 2.45) is 5.92 Å². The zero-order valence-electron chi connectivity index (χ0n) is 9.40. The Hall–Kier alpha value is -2.05. The molecule has 0 fully saturated rings. The van der Waals surface area contributed by atoms with Crippen LogP contribution in [0.2, 0.25) is 0 Å². The number of carboxylic acids is 1. The summed E-state index contributed by atoms with van der Waals surface area (Å²) in [7, 11) is 1.47. The van der Waals surface area contributed by atoms with E-state index < -0.39 is 17.9 Å². The average Bonchev–Trinajstić information content (AvgIpc) is 2.74. The summed E-state index contributed by atoms with van der Waals surface area (Å²) in [6, 6.07) is -0.796. The van der Waals surface area contributed by atoms with Crippen LogP contribution in [-0.4, -0.2) is 42.6 Å². The molecule has 7 heteroatoms. The highest BCUT2D eigenvalue weighted by molar-refractivity contribution is 5.84. The van der Waals surface area contributed by atoms with Gasteiger partial charge in [0.15, 0.2) is 0 Å². The van der Waals surface area contributed by atoms with E-state index in [2.05, 4.69) is 16.0 Å². The van der Waals surface area contributed by atoms with E-state index in [4.69, 9.17) is 5.11 Å². The van der Waals surface area contributed by atoms with Crippen LogP contribution in [0.25, 0.3) is 0 Å². The van der Waals surface area contributed by atoms with Crippen LogP contribution in [0.5, 0.6) is 0 Å². The number of amides is 3. The third kappa shape index (κ3) is 4.13. The Kier molecular flexibility index (Phi) is 4.50. The fraction of sp³-hybridized carbons (Fsp3) is 0.500. The molecule has 0 radical (unpaired) electrons. The summed E-state index contributed by atoms with van der Waals surface area (Å²) >= 11 is 0. The van der Waals surface area contributed by atoms with Crippen molar-refractivity contribution in [1.82, 2.24) is 16.0 Å². The molecular formula is C10H15N3O4. The maximum Gasteiger partial charge on any atom is 0.315 e. The van der Waals surface area contributed by atoms with Crippen molar-refractivity contribution in [2.75, 3.05) is 13.6 Å². The Balaban J connectivity index is 2.27. The number of nitrogens with one attached hydrogen (secondary N) is 3. The number of urea groups is 1. The van der Waals surface area contributed by atoms with Crippen LogP contribution in [0.15, 0.2) is 12.2 Å². The zero-order chi connectivity index (χ0) is 12.8. The Labute approximate surface area is 98.3 Å². The van der Waals surface area contributed by atoms with Gasteiger partial charge >= 0.3 is 12.0 Å². The molecule has 0 aromatic heterocycles. The monoisotopic (exact) mass is 241 g/mol. The largest absolute Gasteiger partial charge is 0.481 e. The van der Waals surface area contributed by atoms with E-state index >= 15 is 0 Å². The molecule has 0 aromatic carbocycles. The zero-order valence-corrected chi connectivity index (χ0v) is 9.40. The van der Waals surface area contributed by atoms with Crippen molar-refractivity contribution in [3.05, 3.63) is 12.2 Å². The Bertz CT molecular complexity index is 353. The van der Waals surface area contributed by atoms with Gasteiger partial charge in [0.1, 0.15) is 0 Å². The summed E-state index contributed by atoms with van der Waals surface area (Å²) in [6.07, 6.45) is 3.52.